The molecule has 0 atom stereocenters. The summed E-state index contributed by atoms with van der Waals surface area (Å²) in [5, 5.41) is 9.96. The number of benzene rings is 1. The molecule has 0 unspecified atom stereocenters. The monoisotopic (exact) mass is 342 g/mol. The minimum atomic E-state index is -0.0549. The van der Waals surface area contributed by atoms with Gasteiger partial charge in [-0.3, -0.25) is 4.79 Å². The molecule has 0 aliphatic carbocycles. The second-order valence-corrected chi connectivity index (χ2v) is 6.07. The van der Waals surface area contributed by atoms with E-state index in [0.29, 0.717) is 17.4 Å². The molecule has 0 bridgehead atoms. The van der Waals surface area contributed by atoms with Crippen LogP contribution in [0.25, 0.3) is 16.4 Å². The molecular weight excluding hydrogens is 324 g/mol. The highest BCUT2D eigenvalue weighted by Gasteiger charge is 2.14. The van der Waals surface area contributed by atoms with Gasteiger partial charge in [0, 0.05) is 23.4 Å². The van der Waals surface area contributed by atoms with Crippen molar-refractivity contribution in [1.29, 1.82) is 0 Å². The van der Waals surface area contributed by atoms with Crippen LogP contribution in [0.2, 0.25) is 0 Å². The maximum atomic E-state index is 11.7. The number of hydrogen-bond acceptors (Lipinski definition) is 5. The molecule has 2 aromatic heterocycles. The summed E-state index contributed by atoms with van der Waals surface area (Å²) < 4.78 is 6.92. The van der Waals surface area contributed by atoms with E-state index >= 15 is 0 Å². The highest BCUT2D eigenvalue weighted by Crippen LogP contribution is 2.28. The molecule has 1 amide bonds. The first-order valence-electron chi connectivity index (χ1n) is 7.57. The normalized spacial score (nSPS) is 10.6. The topological polar surface area (TPSA) is 69.0 Å². The molecule has 0 aliphatic heterocycles. The Labute approximate surface area is 144 Å². The third-order valence-electron chi connectivity index (χ3n) is 3.46. The van der Waals surface area contributed by atoms with Gasteiger partial charge in [0.15, 0.2) is 0 Å². The Morgan fingerprint density at radius 2 is 2.21 bits per heavy atom. The average Bonchev–Trinajstić information content (AvgIpc) is 3.21. The molecule has 24 heavy (non-hydrogen) atoms. The zero-order chi connectivity index (χ0) is 17.1. The van der Waals surface area contributed by atoms with Gasteiger partial charge in [0.2, 0.25) is 11.0 Å². The minimum Gasteiger partial charge on any atom is -0.497 e. The first-order valence-corrected chi connectivity index (χ1v) is 8.45. The number of hydrogen-bond donors (Lipinski definition) is 1. The Balaban J connectivity index is 1.94. The Hall–Kier alpha value is -2.67. The highest BCUT2D eigenvalue weighted by molar-refractivity contribution is 7.12. The van der Waals surface area contributed by atoms with E-state index in [4.69, 9.17) is 4.74 Å². The molecule has 3 rings (SSSR count). The molecule has 124 valence electrons. The number of anilines is 1. The summed E-state index contributed by atoms with van der Waals surface area (Å²) in [7, 11) is 1.64. The predicted octanol–water partition coefficient (Wildman–Crippen LogP) is 3.66. The number of ether oxygens (including phenoxy) is 1. The molecule has 0 fully saturated rings. The third-order valence-corrected chi connectivity index (χ3v) is 4.28. The van der Waals surface area contributed by atoms with Crippen LogP contribution in [-0.2, 0) is 4.79 Å². The van der Waals surface area contributed by atoms with E-state index in [-0.39, 0.29) is 5.91 Å². The van der Waals surface area contributed by atoms with Crippen LogP contribution in [0.15, 0.2) is 35.7 Å². The van der Waals surface area contributed by atoms with Gasteiger partial charge in [0.05, 0.1) is 18.5 Å². The van der Waals surface area contributed by atoms with Gasteiger partial charge in [-0.2, -0.15) is 9.78 Å². The Morgan fingerprint density at radius 1 is 1.38 bits per heavy atom. The molecule has 1 aromatic carbocycles. The number of aromatic nitrogens is 3. The fourth-order valence-corrected chi connectivity index (χ4v) is 3.04. The summed E-state index contributed by atoms with van der Waals surface area (Å²) in [6, 6.07) is 9.58. The fraction of sp³-hybridized carbons (Fsp3) is 0.235. The minimum absolute atomic E-state index is 0.0549. The fourth-order valence-electron chi connectivity index (χ4n) is 2.24. The van der Waals surface area contributed by atoms with Crippen LogP contribution in [0, 0.1) is 6.92 Å². The Morgan fingerprint density at radius 3 is 2.96 bits per heavy atom. The molecule has 2 heterocycles. The SMILES string of the molecule is CCC(=O)Nc1cc(C)nn1-c1nc(-c2cccc(OC)c2)cs1. The van der Waals surface area contributed by atoms with Crippen molar-refractivity contribution >= 4 is 23.1 Å². The number of thiazole rings is 1. The molecule has 0 saturated heterocycles. The van der Waals surface area contributed by atoms with E-state index in [2.05, 4.69) is 15.4 Å². The molecule has 6 nitrogen and oxygen atoms in total. The van der Waals surface area contributed by atoms with Crippen molar-refractivity contribution in [3.05, 3.63) is 41.4 Å². The van der Waals surface area contributed by atoms with E-state index in [9.17, 15) is 4.79 Å². The first-order chi connectivity index (χ1) is 11.6. The second kappa shape index (κ2) is 6.84. The van der Waals surface area contributed by atoms with Gasteiger partial charge in [-0.25, -0.2) is 4.98 Å². The number of rotatable bonds is 5. The number of aryl methyl sites for hydroxylation is 1. The lowest BCUT2D eigenvalue weighted by atomic mass is 10.2. The molecule has 0 saturated carbocycles. The van der Waals surface area contributed by atoms with E-state index in [1.165, 1.54) is 11.3 Å². The first kappa shape index (κ1) is 16.2. The molecule has 0 radical (unpaired) electrons. The van der Waals surface area contributed by atoms with E-state index in [1.54, 1.807) is 11.8 Å². The number of carbonyl (C=O) groups is 1. The van der Waals surface area contributed by atoms with Crippen molar-refractivity contribution in [2.45, 2.75) is 20.3 Å². The van der Waals surface area contributed by atoms with Crippen molar-refractivity contribution in [1.82, 2.24) is 14.8 Å². The van der Waals surface area contributed by atoms with E-state index < -0.39 is 0 Å². The molecular formula is C17H18N4O2S. The standard InChI is InChI=1S/C17H18N4O2S/c1-4-16(22)19-15-8-11(2)20-21(15)17-18-14(10-24-17)12-6-5-7-13(9-12)23-3/h5-10H,4H2,1-3H3,(H,19,22). The van der Waals surface area contributed by atoms with Gasteiger partial charge in [-0.15, -0.1) is 11.3 Å². The lowest BCUT2D eigenvalue weighted by molar-refractivity contribution is -0.115. The van der Waals surface area contributed by atoms with Crippen LogP contribution < -0.4 is 10.1 Å². The maximum absolute atomic E-state index is 11.7. The summed E-state index contributed by atoms with van der Waals surface area (Å²) in [6.07, 6.45) is 0.414. The maximum Gasteiger partial charge on any atom is 0.225 e. The van der Waals surface area contributed by atoms with Crippen LogP contribution in [0.4, 0.5) is 5.82 Å². The van der Waals surface area contributed by atoms with Crippen LogP contribution in [0.1, 0.15) is 19.0 Å². The lowest BCUT2D eigenvalue weighted by Crippen LogP contribution is -2.13. The van der Waals surface area contributed by atoms with Crippen molar-refractivity contribution in [2.24, 2.45) is 0 Å². The van der Waals surface area contributed by atoms with Crippen LogP contribution in [0.5, 0.6) is 5.75 Å². The zero-order valence-electron chi connectivity index (χ0n) is 13.7. The molecule has 1 N–H and O–H groups in total. The quantitative estimate of drug-likeness (QED) is 0.768. The van der Waals surface area contributed by atoms with Crippen LogP contribution in [-0.4, -0.2) is 27.8 Å². The van der Waals surface area contributed by atoms with Gasteiger partial charge < -0.3 is 10.1 Å². The second-order valence-electron chi connectivity index (χ2n) is 5.23. The van der Waals surface area contributed by atoms with Crippen molar-refractivity contribution in [3.63, 3.8) is 0 Å². The van der Waals surface area contributed by atoms with Crippen molar-refractivity contribution in [2.75, 3.05) is 12.4 Å². The van der Waals surface area contributed by atoms with E-state index in [1.807, 2.05) is 49.6 Å². The van der Waals surface area contributed by atoms with Crippen molar-refractivity contribution < 1.29 is 9.53 Å². The molecule has 0 aliphatic rings. The largest absolute Gasteiger partial charge is 0.497 e. The summed E-state index contributed by atoms with van der Waals surface area (Å²) >= 11 is 1.47. The highest BCUT2D eigenvalue weighted by atomic mass is 32.1. The van der Waals surface area contributed by atoms with Crippen molar-refractivity contribution in [3.8, 4) is 22.1 Å². The number of amides is 1. The molecule has 7 heteroatoms. The van der Waals surface area contributed by atoms with Gasteiger partial charge in [-0.1, -0.05) is 19.1 Å². The summed E-state index contributed by atoms with van der Waals surface area (Å²) in [4.78, 5) is 16.3. The van der Waals surface area contributed by atoms with Crippen LogP contribution >= 0.6 is 11.3 Å². The molecule has 3 aromatic rings. The number of nitrogens with zero attached hydrogens (tertiary/aromatic N) is 3. The summed E-state index contributed by atoms with van der Waals surface area (Å²) in [5.74, 6) is 1.36. The van der Waals surface area contributed by atoms with Gasteiger partial charge in [0.25, 0.3) is 0 Å². The smallest absolute Gasteiger partial charge is 0.225 e. The van der Waals surface area contributed by atoms with Crippen LogP contribution in [0.3, 0.4) is 0 Å². The summed E-state index contributed by atoms with van der Waals surface area (Å²) in [6.45, 7) is 3.70. The summed E-state index contributed by atoms with van der Waals surface area (Å²) in [5.41, 5.74) is 2.63. The zero-order valence-corrected chi connectivity index (χ0v) is 14.6. The molecule has 0 spiro atoms. The van der Waals surface area contributed by atoms with E-state index in [0.717, 1.165) is 22.7 Å². The van der Waals surface area contributed by atoms with Gasteiger partial charge in [0.1, 0.15) is 11.6 Å². The van der Waals surface area contributed by atoms with Gasteiger partial charge in [-0.05, 0) is 19.1 Å². The van der Waals surface area contributed by atoms with Gasteiger partial charge >= 0.3 is 0 Å². The average molecular weight is 342 g/mol. The Bertz CT molecular complexity index is 869. The third kappa shape index (κ3) is 3.30. The number of carbonyl (C=O) groups excluding carboxylic acids is 1. The predicted molar refractivity (Wildman–Crippen MR) is 94.9 cm³/mol. The lowest BCUT2D eigenvalue weighted by Gasteiger charge is -2.05. The Kier molecular flexibility index (Phi) is 4.61. The number of nitrogens with one attached hydrogen (secondary N) is 1. The number of methoxy groups -OCH3 is 1.